The van der Waals surface area contributed by atoms with E-state index in [-0.39, 0.29) is 0 Å². The zero-order valence-electron chi connectivity index (χ0n) is 22.9. The van der Waals surface area contributed by atoms with Gasteiger partial charge in [-0.2, -0.15) is 0 Å². The second kappa shape index (κ2) is 24.6. The van der Waals surface area contributed by atoms with Crippen molar-refractivity contribution in [3.05, 3.63) is 0 Å². The molecule has 0 amide bonds. The lowest BCUT2D eigenvalue weighted by Gasteiger charge is -2.35. The SMILES string of the molecule is CCCCCCCCCCCC(C)N(CCCC)C(C)CCCCCCCCCCC. The lowest BCUT2D eigenvalue weighted by molar-refractivity contribution is 0.133. The Labute approximate surface area is 199 Å². The molecule has 0 bridgehead atoms. The lowest BCUT2D eigenvalue weighted by atomic mass is 10.0. The van der Waals surface area contributed by atoms with E-state index < -0.39 is 0 Å². The Morgan fingerprint density at radius 1 is 0.387 bits per heavy atom. The van der Waals surface area contributed by atoms with Gasteiger partial charge in [-0.3, -0.25) is 4.90 Å². The van der Waals surface area contributed by atoms with Crippen LogP contribution in [0.2, 0.25) is 0 Å². The highest BCUT2D eigenvalue weighted by molar-refractivity contribution is 4.74. The molecule has 0 radical (unpaired) electrons. The molecule has 1 heteroatoms. The van der Waals surface area contributed by atoms with Crippen LogP contribution in [0.5, 0.6) is 0 Å². The smallest absolute Gasteiger partial charge is 0.00697 e. The Hall–Kier alpha value is -0.0400. The van der Waals surface area contributed by atoms with Gasteiger partial charge in [0.2, 0.25) is 0 Å². The number of unbranched alkanes of at least 4 members (excludes halogenated alkanes) is 17. The van der Waals surface area contributed by atoms with Gasteiger partial charge in [-0.05, 0) is 39.7 Å². The Kier molecular flexibility index (Phi) is 24.6. The van der Waals surface area contributed by atoms with E-state index >= 15 is 0 Å². The minimum absolute atomic E-state index is 0.768. The summed E-state index contributed by atoms with van der Waals surface area (Å²) in [5.74, 6) is 0. The van der Waals surface area contributed by atoms with Crippen molar-refractivity contribution in [3.8, 4) is 0 Å². The molecule has 0 saturated carbocycles. The minimum Gasteiger partial charge on any atom is -0.298 e. The highest BCUT2D eigenvalue weighted by Gasteiger charge is 2.19. The van der Waals surface area contributed by atoms with E-state index in [1.165, 1.54) is 148 Å². The van der Waals surface area contributed by atoms with Gasteiger partial charge in [-0.25, -0.2) is 0 Å². The van der Waals surface area contributed by atoms with Crippen LogP contribution in [-0.4, -0.2) is 23.5 Å². The Balaban J connectivity index is 3.91. The van der Waals surface area contributed by atoms with Crippen LogP contribution in [0, 0.1) is 0 Å². The molecule has 0 heterocycles. The maximum Gasteiger partial charge on any atom is 0.00697 e. The van der Waals surface area contributed by atoms with E-state index in [1.54, 1.807) is 0 Å². The van der Waals surface area contributed by atoms with Gasteiger partial charge in [0.15, 0.2) is 0 Å². The standard InChI is InChI=1S/C30H63N/c1-6-9-12-14-16-18-20-22-24-26-29(4)31(28-11-8-3)30(5)27-25-23-21-19-17-15-13-10-7-2/h29-30H,6-28H2,1-5H3. The van der Waals surface area contributed by atoms with Gasteiger partial charge < -0.3 is 0 Å². The van der Waals surface area contributed by atoms with Gasteiger partial charge in [0.1, 0.15) is 0 Å². The fraction of sp³-hybridized carbons (Fsp3) is 1.00. The van der Waals surface area contributed by atoms with Crippen LogP contribution in [0.25, 0.3) is 0 Å². The van der Waals surface area contributed by atoms with Crippen molar-refractivity contribution in [1.29, 1.82) is 0 Å². The topological polar surface area (TPSA) is 3.24 Å². The van der Waals surface area contributed by atoms with Crippen molar-refractivity contribution in [1.82, 2.24) is 4.90 Å². The fourth-order valence-corrected chi connectivity index (χ4v) is 5.05. The molecule has 0 aliphatic carbocycles. The molecular weight excluding hydrogens is 374 g/mol. The third kappa shape index (κ3) is 20.3. The Bertz CT molecular complexity index is 298. The normalized spacial score (nSPS) is 13.7. The van der Waals surface area contributed by atoms with E-state index in [1.807, 2.05) is 0 Å². The molecule has 188 valence electrons. The highest BCUT2D eigenvalue weighted by Crippen LogP contribution is 2.20. The van der Waals surface area contributed by atoms with E-state index in [9.17, 15) is 0 Å². The van der Waals surface area contributed by atoms with E-state index in [0.29, 0.717) is 0 Å². The average molecular weight is 438 g/mol. The molecule has 2 unspecified atom stereocenters. The summed E-state index contributed by atoms with van der Waals surface area (Å²) in [6, 6.07) is 1.54. The Morgan fingerprint density at radius 3 is 1.00 bits per heavy atom. The van der Waals surface area contributed by atoms with Crippen LogP contribution in [0.15, 0.2) is 0 Å². The van der Waals surface area contributed by atoms with Crippen molar-refractivity contribution in [2.45, 2.75) is 188 Å². The summed E-state index contributed by atoms with van der Waals surface area (Å²) >= 11 is 0. The molecule has 31 heavy (non-hydrogen) atoms. The molecule has 0 fully saturated rings. The van der Waals surface area contributed by atoms with Crippen molar-refractivity contribution in [3.63, 3.8) is 0 Å². The molecule has 0 spiro atoms. The number of hydrogen-bond donors (Lipinski definition) is 0. The molecule has 0 aliphatic heterocycles. The number of nitrogens with zero attached hydrogens (tertiary/aromatic N) is 1. The molecule has 2 atom stereocenters. The first kappa shape index (κ1) is 31.0. The van der Waals surface area contributed by atoms with E-state index in [0.717, 1.165) is 12.1 Å². The summed E-state index contributed by atoms with van der Waals surface area (Å²) in [6.07, 6.45) is 31.5. The average Bonchev–Trinajstić information content (AvgIpc) is 2.77. The zero-order chi connectivity index (χ0) is 23.0. The van der Waals surface area contributed by atoms with Gasteiger partial charge in [0.25, 0.3) is 0 Å². The molecule has 0 saturated heterocycles. The maximum atomic E-state index is 2.86. The van der Waals surface area contributed by atoms with Gasteiger partial charge in [0.05, 0.1) is 0 Å². The fourth-order valence-electron chi connectivity index (χ4n) is 5.05. The van der Waals surface area contributed by atoms with Gasteiger partial charge >= 0.3 is 0 Å². The van der Waals surface area contributed by atoms with Crippen LogP contribution < -0.4 is 0 Å². The van der Waals surface area contributed by atoms with Crippen LogP contribution >= 0.6 is 0 Å². The van der Waals surface area contributed by atoms with Crippen molar-refractivity contribution in [2.24, 2.45) is 0 Å². The lowest BCUT2D eigenvalue weighted by Crippen LogP contribution is -2.41. The summed E-state index contributed by atoms with van der Waals surface area (Å²) in [5, 5.41) is 0. The van der Waals surface area contributed by atoms with Gasteiger partial charge in [-0.1, -0.05) is 143 Å². The Morgan fingerprint density at radius 2 is 0.677 bits per heavy atom. The minimum atomic E-state index is 0.768. The molecule has 0 rings (SSSR count). The largest absolute Gasteiger partial charge is 0.298 e. The van der Waals surface area contributed by atoms with Crippen molar-refractivity contribution in [2.75, 3.05) is 6.54 Å². The monoisotopic (exact) mass is 437 g/mol. The third-order valence-corrected chi connectivity index (χ3v) is 7.35. The van der Waals surface area contributed by atoms with Crippen LogP contribution in [-0.2, 0) is 0 Å². The summed E-state index contributed by atoms with van der Waals surface area (Å²) in [4.78, 5) is 2.86. The second-order valence-corrected chi connectivity index (χ2v) is 10.5. The van der Waals surface area contributed by atoms with Crippen molar-refractivity contribution >= 4 is 0 Å². The molecule has 0 aromatic carbocycles. The third-order valence-electron chi connectivity index (χ3n) is 7.35. The van der Waals surface area contributed by atoms with E-state index in [2.05, 4.69) is 39.5 Å². The number of rotatable bonds is 25. The quantitative estimate of drug-likeness (QED) is 0.128. The van der Waals surface area contributed by atoms with Gasteiger partial charge in [-0.15, -0.1) is 0 Å². The molecular formula is C30H63N. The zero-order valence-corrected chi connectivity index (χ0v) is 22.9. The molecule has 1 nitrogen and oxygen atoms in total. The van der Waals surface area contributed by atoms with Crippen LogP contribution in [0.1, 0.15) is 176 Å². The molecule has 0 aromatic heterocycles. The van der Waals surface area contributed by atoms with Gasteiger partial charge in [0, 0.05) is 12.1 Å². The number of hydrogen-bond acceptors (Lipinski definition) is 1. The second-order valence-electron chi connectivity index (χ2n) is 10.5. The maximum absolute atomic E-state index is 2.86. The first-order chi connectivity index (χ1) is 15.2. The highest BCUT2D eigenvalue weighted by atomic mass is 15.2. The van der Waals surface area contributed by atoms with E-state index in [4.69, 9.17) is 0 Å². The first-order valence-corrected chi connectivity index (χ1v) is 14.9. The molecule has 0 aliphatic rings. The predicted octanol–water partition coefficient (Wildman–Crippen LogP) is 10.7. The van der Waals surface area contributed by atoms with Crippen LogP contribution in [0.3, 0.4) is 0 Å². The summed E-state index contributed by atoms with van der Waals surface area (Å²) < 4.78 is 0. The summed E-state index contributed by atoms with van der Waals surface area (Å²) in [7, 11) is 0. The first-order valence-electron chi connectivity index (χ1n) is 14.9. The predicted molar refractivity (Wildman–Crippen MR) is 144 cm³/mol. The van der Waals surface area contributed by atoms with Crippen LogP contribution in [0.4, 0.5) is 0 Å². The molecule has 0 N–H and O–H groups in total. The summed E-state index contributed by atoms with van der Waals surface area (Å²) in [5.41, 5.74) is 0. The summed E-state index contributed by atoms with van der Waals surface area (Å²) in [6.45, 7) is 13.3. The van der Waals surface area contributed by atoms with Crippen molar-refractivity contribution < 1.29 is 0 Å². The molecule has 0 aromatic rings.